The van der Waals surface area contributed by atoms with Crippen LogP contribution in [0.5, 0.6) is 0 Å². The van der Waals surface area contributed by atoms with E-state index in [0.29, 0.717) is 11.1 Å². The summed E-state index contributed by atoms with van der Waals surface area (Å²) in [5, 5.41) is 0.481. The first-order valence-electron chi connectivity index (χ1n) is 6.67. The van der Waals surface area contributed by atoms with Crippen LogP contribution in [-0.4, -0.2) is 63.7 Å². The van der Waals surface area contributed by atoms with Crippen molar-refractivity contribution in [2.24, 2.45) is 0 Å². The smallest absolute Gasteiger partial charge is 0.744 e. The summed E-state index contributed by atoms with van der Waals surface area (Å²) in [6.07, 6.45) is 0. The molecule has 0 unspecified atom stereocenters. The molecule has 13 heteroatoms. The van der Waals surface area contributed by atoms with Gasteiger partial charge in [-0.15, -0.1) is 0 Å². The Morgan fingerprint density at radius 3 is 1.22 bits per heavy atom. The number of nitrogens with two attached hydrogens (primary N) is 2. The summed E-state index contributed by atoms with van der Waals surface area (Å²) in [5.41, 5.74) is 11.5. The Balaban J connectivity index is 0.000000483. The van der Waals surface area contributed by atoms with Crippen LogP contribution in [0.2, 0.25) is 10.0 Å². The van der Waals surface area contributed by atoms with E-state index in [4.69, 9.17) is 34.7 Å². The second-order valence-corrected chi connectivity index (χ2v) is 8.70. The van der Waals surface area contributed by atoms with Gasteiger partial charge in [-0.3, -0.25) is 0 Å². The molecule has 0 bridgehead atoms. The summed E-state index contributed by atoms with van der Waals surface area (Å²) in [6.45, 7) is 2.96. The quantitative estimate of drug-likeness (QED) is 0.373. The third kappa shape index (κ3) is 7.56. The van der Waals surface area contributed by atoms with Crippen molar-refractivity contribution in [2.75, 3.05) is 11.5 Å². The minimum Gasteiger partial charge on any atom is -0.744 e. The van der Waals surface area contributed by atoms with Crippen molar-refractivity contribution in [3.63, 3.8) is 0 Å². The maximum Gasteiger partial charge on any atom is 2.00 e. The molecule has 0 aliphatic heterocycles. The Bertz CT molecular complexity index is 974. The molecule has 2 aromatic rings. The predicted molar refractivity (Wildman–Crippen MR) is 103 cm³/mol. The second kappa shape index (κ2) is 9.95. The molecule has 0 heterocycles. The van der Waals surface area contributed by atoms with Gasteiger partial charge in [0, 0.05) is 0 Å². The maximum atomic E-state index is 10.7. The van der Waals surface area contributed by atoms with Crippen molar-refractivity contribution in [2.45, 2.75) is 23.6 Å². The molecule has 0 amide bonds. The predicted octanol–water partition coefficient (Wildman–Crippen LogP) is 1.89. The van der Waals surface area contributed by atoms with Crippen LogP contribution in [0.1, 0.15) is 11.1 Å². The molecule has 0 atom stereocenters. The Hall–Kier alpha value is -0.300. The van der Waals surface area contributed by atoms with Gasteiger partial charge in [-0.05, 0) is 49.2 Å². The Morgan fingerprint density at radius 2 is 1.00 bits per heavy atom. The minimum atomic E-state index is -4.46. The summed E-state index contributed by atoms with van der Waals surface area (Å²) in [7, 11) is -8.92. The Morgan fingerprint density at radius 1 is 0.741 bits per heavy atom. The molecule has 0 spiro atoms. The molecular formula is C14H14CaCl2N2O6S2. The molecule has 0 fully saturated rings. The van der Waals surface area contributed by atoms with E-state index in [2.05, 4.69) is 0 Å². The van der Waals surface area contributed by atoms with E-state index in [1.807, 2.05) is 0 Å². The van der Waals surface area contributed by atoms with Gasteiger partial charge in [-0.1, -0.05) is 23.2 Å². The molecule has 0 saturated heterocycles. The van der Waals surface area contributed by atoms with Crippen molar-refractivity contribution in [3.8, 4) is 0 Å². The average Bonchev–Trinajstić information content (AvgIpc) is 2.45. The minimum absolute atomic E-state index is 0. The van der Waals surface area contributed by atoms with E-state index in [1.165, 1.54) is 26.0 Å². The first-order chi connectivity index (χ1) is 11.6. The molecule has 4 N–H and O–H groups in total. The Labute approximate surface area is 197 Å². The van der Waals surface area contributed by atoms with Crippen LogP contribution in [0.15, 0.2) is 34.1 Å². The summed E-state index contributed by atoms with van der Waals surface area (Å²) < 4.78 is 64.0. The van der Waals surface area contributed by atoms with Crippen LogP contribution in [0.3, 0.4) is 0 Å². The number of anilines is 2. The third-order valence-electron chi connectivity index (χ3n) is 3.13. The van der Waals surface area contributed by atoms with Crippen LogP contribution in [0.25, 0.3) is 0 Å². The largest absolute Gasteiger partial charge is 2.00 e. The fourth-order valence-corrected chi connectivity index (χ4v) is 3.76. The van der Waals surface area contributed by atoms with Gasteiger partial charge >= 0.3 is 37.7 Å². The van der Waals surface area contributed by atoms with Crippen LogP contribution >= 0.6 is 23.2 Å². The number of hydrogen-bond acceptors (Lipinski definition) is 8. The molecule has 27 heavy (non-hydrogen) atoms. The molecule has 0 radical (unpaired) electrons. The van der Waals surface area contributed by atoms with Gasteiger partial charge in [-0.25, -0.2) is 16.8 Å². The van der Waals surface area contributed by atoms with Crippen LogP contribution in [0.4, 0.5) is 11.4 Å². The first-order valence-corrected chi connectivity index (χ1v) is 10.2. The topological polar surface area (TPSA) is 166 Å². The summed E-state index contributed by atoms with van der Waals surface area (Å²) in [6, 6.07) is 4.84. The number of halogens is 2. The molecular weight excluding hydrogens is 467 g/mol. The molecule has 0 aliphatic rings. The van der Waals surface area contributed by atoms with Crippen LogP contribution < -0.4 is 11.5 Å². The molecule has 2 rings (SSSR count). The fourth-order valence-electron chi connectivity index (χ4n) is 1.88. The van der Waals surface area contributed by atoms with E-state index in [9.17, 15) is 25.9 Å². The van der Waals surface area contributed by atoms with E-state index in [-0.39, 0.29) is 68.9 Å². The maximum absolute atomic E-state index is 10.7. The molecule has 144 valence electrons. The number of nitrogen functional groups attached to an aromatic ring is 2. The molecule has 8 nitrogen and oxygen atoms in total. The van der Waals surface area contributed by atoms with E-state index in [0.717, 1.165) is 12.1 Å². The monoisotopic (exact) mass is 480 g/mol. The summed E-state index contributed by atoms with van der Waals surface area (Å²) in [4.78, 5) is -0.649. The van der Waals surface area contributed by atoms with Gasteiger partial charge in [-0.2, -0.15) is 0 Å². The summed E-state index contributed by atoms with van der Waals surface area (Å²) >= 11 is 11.2. The molecule has 0 aromatic heterocycles. The van der Waals surface area contributed by atoms with Gasteiger partial charge in [0.25, 0.3) is 0 Å². The number of benzene rings is 2. The van der Waals surface area contributed by atoms with E-state index >= 15 is 0 Å². The van der Waals surface area contributed by atoms with Gasteiger partial charge in [0.05, 0.1) is 31.2 Å². The molecule has 0 saturated carbocycles. The SMILES string of the molecule is Cc1cc(Cl)c(N)cc1S(=O)(=O)[O-].Cc1cc(Cl)c(N)cc1S(=O)(=O)[O-].[Ca+2]. The standard InChI is InChI=1S/2C7H8ClNO3S.Ca/c2*1-4-2-5(8)6(9)3-7(4)13(10,11)12;/h2*2-3H,9H2,1H3,(H,10,11,12);/q;;+2/p-2. The van der Waals surface area contributed by atoms with Crippen molar-refractivity contribution >= 4 is 92.6 Å². The van der Waals surface area contributed by atoms with Crippen LogP contribution in [0, 0.1) is 13.8 Å². The molecule has 2 aromatic carbocycles. The van der Waals surface area contributed by atoms with Crippen molar-refractivity contribution in [1.82, 2.24) is 0 Å². The summed E-state index contributed by atoms with van der Waals surface area (Å²) in [5.74, 6) is 0. The van der Waals surface area contributed by atoms with Gasteiger partial charge in [0.1, 0.15) is 20.2 Å². The number of aryl methyl sites for hydroxylation is 2. The van der Waals surface area contributed by atoms with Crippen molar-refractivity contribution in [1.29, 1.82) is 0 Å². The Kier molecular flexibility index (Phi) is 9.84. The zero-order valence-electron chi connectivity index (χ0n) is 14.2. The number of rotatable bonds is 2. The second-order valence-electron chi connectivity index (χ2n) is 5.19. The van der Waals surface area contributed by atoms with E-state index < -0.39 is 20.2 Å². The zero-order valence-corrected chi connectivity index (χ0v) is 19.5. The van der Waals surface area contributed by atoms with Gasteiger partial charge in [0.15, 0.2) is 0 Å². The normalized spacial score (nSPS) is 11.2. The van der Waals surface area contributed by atoms with Crippen molar-refractivity contribution < 1.29 is 25.9 Å². The van der Waals surface area contributed by atoms with Crippen molar-refractivity contribution in [3.05, 3.63) is 45.4 Å². The average molecular weight is 481 g/mol. The van der Waals surface area contributed by atoms with E-state index in [1.54, 1.807) is 0 Å². The van der Waals surface area contributed by atoms with Crippen LogP contribution in [-0.2, 0) is 20.2 Å². The van der Waals surface area contributed by atoms with Gasteiger partial charge < -0.3 is 20.6 Å². The number of hydrogen-bond donors (Lipinski definition) is 2. The van der Waals surface area contributed by atoms with Gasteiger partial charge in [0.2, 0.25) is 0 Å². The first kappa shape index (κ1) is 26.7. The third-order valence-corrected chi connectivity index (χ3v) is 5.74. The zero-order chi connectivity index (χ0) is 20.4. The fraction of sp³-hybridized carbons (Fsp3) is 0.143. The molecule has 0 aliphatic carbocycles.